The molecule has 14 heavy (non-hydrogen) atoms. The monoisotopic (exact) mass is 192 g/mol. The van der Waals surface area contributed by atoms with Gasteiger partial charge in [-0.25, -0.2) is 4.52 Å². The summed E-state index contributed by atoms with van der Waals surface area (Å²) in [4.78, 5) is 0. The van der Waals surface area contributed by atoms with Crippen molar-refractivity contribution in [2.45, 2.75) is 34.6 Å². The molecule has 0 fully saturated rings. The van der Waals surface area contributed by atoms with Crippen molar-refractivity contribution in [1.82, 2.24) is 9.61 Å². The number of aryl methyl sites for hydroxylation is 1. The molecule has 0 saturated carbocycles. The number of fused-ring (bicyclic) bond motifs is 1. The fourth-order valence-electron chi connectivity index (χ4n) is 1.08. The molecule has 78 valence electrons. The van der Waals surface area contributed by atoms with Crippen LogP contribution >= 0.6 is 0 Å². The minimum atomic E-state index is 1.15. The summed E-state index contributed by atoms with van der Waals surface area (Å²) >= 11 is 0. The van der Waals surface area contributed by atoms with Gasteiger partial charge in [0.1, 0.15) is 0 Å². The second-order valence-corrected chi connectivity index (χ2v) is 2.34. The van der Waals surface area contributed by atoms with Gasteiger partial charge in [0.05, 0.1) is 5.52 Å². The van der Waals surface area contributed by atoms with Crippen molar-refractivity contribution < 1.29 is 0 Å². The fourth-order valence-corrected chi connectivity index (χ4v) is 1.08. The number of aromatic nitrogens is 2. The van der Waals surface area contributed by atoms with Gasteiger partial charge >= 0.3 is 0 Å². The van der Waals surface area contributed by atoms with Gasteiger partial charge in [0.15, 0.2) is 0 Å². The van der Waals surface area contributed by atoms with Gasteiger partial charge in [0, 0.05) is 11.9 Å². The SMILES string of the molecule is CC.CC.Cc1ccc2cccnn12. The van der Waals surface area contributed by atoms with Crippen LogP contribution < -0.4 is 0 Å². The third-order valence-electron chi connectivity index (χ3n) is 1.61. The van der Waals surface area contributed by atoms with Crippen molar-refractivity contribution >= 4 is 5.52 Å². The third kappa shape index (κ3) is 2.87. The summed E-state index contributed by atoms with van der Waals surface area (Å²) < 4.78 is 1.92. The Morgan fingerprint density at radius 3 is 2.21 bits per heavy atom. The topological polar surface area (TPSA) is 17.3 Å². The van der Waals surface area contributed by atoms with Crippen molar-refractivity contribution in [2.75, 3.05) is 0 Å². The van der Waals surface area contributed by atoms with Crippen molar-refractivity contribution in [3.05, 3.63) is 36.2 Å². The molecule has 2 nitrogen and oxygen atoms in total. The summed E-state index contributed by atoms with van der Waals surface area (Å²) in [7, 11) is 0. The van der Waals surface area contributed by atoms with Crippen LogP contribution in [0.5, 0.6) is 0 Å². The van der Waals surface area contributed by atoms with Crippen LogP contribution in [0.4, 0.5) is 0 Å². The maximum atomic E-state index is 4.16. The Hall–Kier alpha value is -1.31. The van der Waals surface area contributed by atoms with Crippen molar-refractivity contribution in [2.24, 2.45) is 0 Å². The first kappa shape index (κ1) is 12.7. The van der Waals surface area contributed by atoms with Crippen LogP contribution in [0.2, 0.25) is 0 Å². The van der Waals surface area contributed by atoms with Crippen LogP contribution in [0, 0.1) is 6.92 Å². The normalized spacial score (nSPS) is 8.36. The zero-order valence-corrected chi connectivity index (χ0v) is 9.78. The van der Waals surface area contributed by atoms with Gasteiger partial charge in [0.2, 0.25) is 0 Å². The molecule has 0 bridgehead atoms. The highest BCUT2D eigenvalue weighted by Crippen LogP contribution is 2.04. The second kappa shape index (κ2) is 7.13. The van der Waals surface area contributed by atoms with Gasteiger partial charge in [-0.05, 0) is 31.2 Å². The summed E-state index contributed by atoms with van der Waals surface area (Å²) in [5.41, 5.74) is 2.33. The minimum Gasteiger partial charge on any atom is -0.238 e. The zero-order valence-electron chi connectivity index (χ0n) is 9.78. The summed E-state index contributed by atoms with van der Waals surface area (Å²) in [6.07, 6.45) is 1.79. The molecule has 0 aliphatic carbocycles. The lowest BCUT2D eigenvalue weighted by molar-refractivity contribution is 0.902. The molecule has 2 aromatic rings. The van der Waals surface area contributed by atoms with Crippen LogP contribution in [0.1, 0.15) is 33.4 Å². The maximum absolute atomic E-state index is 4.16. The Bertz CT molecular complexity index is 350. The minimum absolute atomic E-state index is 1.15. The van der Waals surface area contributed by atoms with Crippen molar-refractivity contribution in [3.8, 4) is 0 Å². The van der Waals surface area contributed by atoms with E-state index in [-0.39, 0.29) is 0 Å². The molecule has 0 aliphatic rings. The Balaban J connectivity index is 0.000000379. The molecule has 0 unspecified atom stereocenters. The Morgan fingerprint density at radius 2 is 1.64 bits per heavy atom. The first-order valence-electron chi connectivity index (χ1n) is 5.27. The van der Waals surface area contributed by atoms with E-state index in [0.717, 1.165) is 5.52 Å². The average Bonchev–Trinajstić information content (AvgIpc) is 2.67. The van der Waals surface area contributed by atoms with Gasteiger partial charge in [-0.15, -0.1) is 0 Å². The quantitative estimate of drug-likeness (QED) is 0.622. The van der Waals surface area contributed by atoms with Crippen LogP contribution in [-0.4, -0.2) is 9.61 Å². The molecule has 0 amide bonds. The van der Waals surface area contributed by atoms with E-state index in [4.69, 9.17) is 0 Å². The van der Waals surface area contributed by atoms with Gasteiger partial charge in [-0.1, -0.05) is 27.7 Å². The summed E-state index contributed by atoms with van der Waals surface area (Å²) in [5.74, 6) is 0. The lowest BCUT2D eigenvalue weighted by atomic mass is 10.4. The van der Waals surface area contributed by atoms with Crippen molar-refractivity contribution in [3.63, 3.8) is 0 Å². The highest BCUT2D eigenvalue weighted by Gasteiger charge is 1.93. The van der Waals surface area contributed by atoms with E-state index in [0.29, 0.717) is 0 Å². The molecule has 0 spiro atoms. The second-order valence-electron chi connectivity index (χ2n) is 2.34. The number of hydrogen-bond acceptors (Lipinski definition) is 1. The molecule has 2 aromatic heterocycles. The smallest absolute Gasteiger partial charge is 0.0649 e. The van der Waals surface area contributed by atoms with E-state index >= 15 is 0 Å². The first-order chi connectivity index (χ1) is 6.88. The molecule has 2 heteroatoms. The Labute approximate surface area is 86.6 Å². The molecule has 0 aliphatic heterocycles. The van der Waals surface area contributed by atoms with Gasteiger partial charge < -0.3 is 0 Å². The molecular formula is C12H20N2. The number of hydrogen-bond donors (Lipinski definition) is 0. The average molecular weight is 192 g/mol. The number of rotatable bonds is 0. The van der Waals surface area contributed by atoms with Gasteiger partial charge in [-0.3, -0.25) is 0 Å². The molecule has 0 N–H and O–H groups in total. The highest BCUT2D eigenvalue weighted by atomic mass is 15.2. The first-order valence-corrected chi connectivity index (χ1v) is 5.27. The predicted molar refractivity (Wildman–Crippen MR) is 62.6 cm³/mol. The molecule has 0 saturated heterocycles. The Kier molecular flexibility index (Phi) is 6.46. The predicted octanol–water partition coefficient (Wildman–Crippen LogP) is 3.70. The van der Waals surface area contributed by atoms with Crippen LogP contribution in [0.25, 0.3) is 5.52 Å². The molecule has 2 heterocycles. The highest BCUT2D eigenvalue weighted by molar-refractivity contribution is 5.47. The van der Waals surface area contributed by atoms with E-state index in [9.17, 15) is 0 Å². The lowest BCUT2D eigenvalue weighted by Gasteiger charge is -1.92. The largest absolute Gasteiger partial charge is 0.238 e. The van der Waals surface area contributed by atoms with Crippen molar-refractivity contribution in [1.29, 1.82) is 0 Å². The summed E-state index contributed by atoms with van der Waals surface area (Å²) in [6.45, 7) is 10.0. The van der Waals surface area contributed by atoms with E-state index in [1.54, 1.807) is 6.20 Å². The van der Waals surface area contributed by atoms with E-state index in [2.05, 4.69) is 17.2 Å². The van der Waals surface area contributed by atoms with Crippen LogP contribution in [0.15, 0.2) is 30.5 Å². The van der Waals surface area contributed by atoms with Gasteiger partial charge in [-0.2, -0.15) is 5.10 Å². The van der Waals surface area contributed by atoms with E-state index in [1.807, 2.05) is 51.3 Å². The van der Waals surface area contributed by atoms with E-state index in [1.165, 1.54) is 5.69 Å². The van der Waals surface area contributed by atoms with Gasteiger partial charge in [0.25, 0.3) is 0 Å². The zero-order chi connectivity index (χ0) is 11.0. The summed E-state index contributed by atoms with van der Waals surface area (Å²) in [6, 6.07) is 8.10. The molecule has 2 rings (SSSR count). The van der Waals surface area contributed by atoms with Crippen LogP contribution in [0.3, 0.4) is 0 Å². The maximum Gasteiger partial charge on any atom is 0.0649 e. The molecule has 0 aromatic carbocycles. The molecular weight excluding hydrogens is 172 g/mol. The fraction of sp³-hybridized carbons (Fsp3) is 0.417. The third-order valence-corrected chi connectivity index (χ3v) is 1.61. The lowest BCUT2D eigenvalue weighted by Crippen LogP contribution is -1.89. The Morgan fingerprint density at radius 1 is 1.00 bits per heavy atom. The molecule has 0 radical (unpaired) electrons. The summed E-state index contributed by atoms with van der Waals surface area (Å²) in [5, 5.41) is 4.16. The van der Waals surface area contributed by atoms with E-state index < -0.39 is 0 Å². The number of nitrogens with zero attached hydrogens (tertiary/aromatic N) is 2. The standard InChI is InChI=1S/C8H8N2.2C2H6/c1-7-4-5-8-3-2-6-9-10(7)8;2*1-2/h2-6H,1H3;2*1-2H3. The molecule has 0 atom stereocenters. The van der Waals surface area contributed by atoms with Crippen LogP contribution in [-0.2, 0) is 0 Å².